The average Bonchev–Trinajstić information content (AvgIpc) is 3.23. The third-order valence-corrected chi connectivity index (χ3v) is 6.28. The lowest BCUT2D eigenvalue weighted by Crippen LogP contribution is -2.07. The molecule has 7 heteroatoms. The fourth-order valence-corrected chi connectivity index (χ4v) is 4.27. The Balaban J connectivity index is 1.40. The second-order valence-corrected chi connectivity index (χ2v) is 10.2. The minimum Gasteiger partial charge on any atom is -0.494 e. The second kappa shape index (κ2) is 9.67. The molecule has 0 atom stereocenters. The van der Waals surface area contributed by atoms with Crippen molar-refractivity contribution in [3.8, 4) is 22.6 Å². The largest absolute Gasteiger partial charge is 0.494 e. The van der Waals surface area contributed by atoms with Gasteiger partial charge in [0, 0.05) is 23.3 Å². The summed E-state index contributed by atoms with van der Waals surface area (Å²) in [5, 5.41) is 1.60. The van der Waals surface area contributed by atoms with Crippen molar-refractivity contribution in [3.63, 3.8) is 0 Å². The normalized spacial score (nSPS) is 11.6. The van der Waals surface area contributed by atoms with Gasteiger partial charge in [0.2, 0.25) is 0 Å². The van der Waals surface area contributed by atoms with Crippen LogP contribution >= 0.6 is 11.6 Å². The van der Waals surface area contributed by atoms with E-state index in [0.29, 0.717) is 30.4 Å². The zero-order valence-electron chi connectivity index (χ0n) is 17.6. The van der Waals surface area contributed by atoms with Gasteiger partial charge in [0.15, 0.2) is 0 Å². The van der Waals surface area contributed by atoms with Crippen molar-refractivity contribution in [2.45, 2.75) is 13.0 Å². The molecule has 0 aliphatic heterocycles. The standard InChI is InChI=1S/C25H23ClO5S/c1-32(27,28)13-3-11-29-21-8-9-23(24(26)15-21)20-5-2-4-18(14-20)17-31-22-7-6-19-10-12-30-25(19)16-22/h2,4-10,12,14-16H,3,11,13,17H2,1H3. The van der Waals surface area contributed by atoms with Gasteiger partial charge in [0.1, 0.15) is 33.5 Å². The number of halogens is 1. The molecule has 4 aromatic rings. The molecule has 166 valence electrons. The fraction of sp³-hybridized carbons (Fsp3) is 0.200. The minimum atomic E-state index is -2.98. The topological polar surface area (TPSA) is 65.7 Å². The average molecular weight is 471 g/mol. The van der Waals surface area contributed by atoms with E-state index in [1.165, 1.54) is 6.26 Å². The van der Waals surface area contributed by atoms with Crippen LogP contribution in [0.2, 0.25) is 5.02 Å². The molecular formula is C25H23ClO5S. The molecule has 1 heterocycles. The highest BCUT2D eigenvalue weighted by molar-refractivity contribution is 7.90. The molecule has 0 amide bonds. The van der Waals surface area contributed by atoms with Gasteiger partial charge < -0.3 is 13.9 Å². The maximum Gasteiger partial charge on any atom is 0.147 e. The van der Waals surface area contributed by atoms with Crippen LogP contribution in [-0.2, 0) is 16.4 Å². The summed E-state index contributed by atoms with van der Waals surface area (Å²) in [7, 11) is -2.98. The summed E-state index contributed by atoms with van der Waals surface area (Å²) in [6.07, 6.45) is 3.32. The third kappa shape index (κ3) is 5.84. The fourth-order valence-electron chi connectivity index (χ4n) is 3.35. The number of benzene rings is 3. The summed E-state index contributed by atoms with van der Waals surface area (Å²) < 4.78 is 39.4. The highest BCUT2D eigenvalue weighted by Gasteiger charge is 2.08. The number of sulfone groups is 1. The van der Waals surface area contributed by atoms with E-state index in [1.807, 2.05) is 60.7 Å². The monoisotopic (exact) mass is 470 g/mol. The zero-order chi connectivity index (χ0) is 22.6. The lowest BCUT2D eigenvalue weighted by Gasteiger charge is -2.11. The van der Waals surface area contributed by atoms with E-state index in [1.54, 1.807) is 12.3 Å². The van der Waals surface area contributed by atoms with Crippen LogP contribution in [0.25, 0.3) is 22.1 Å². The molecule has 5 nitrogen and oxygen atoms in total. The first kappa shape index (κ1) is 22.2. The molecule has 0 spiro atoms. The second-order valence-electron chi connectivity index (χ2n) is 7.58. The molecule has 0 unspecified atom stereocenters. The van der Waals surface area contributed by atoms with Crippen LogP contribution in [0.4, 0.5) is 0 Å². The van der Waals surface area contributed by atoms with Crippen LogP contribution in [0, 0.1) is 0 Å². The van der Waals surface area contributed by atoms with E-state index < -0.39 is 9.84 Å². The molecule has 4 rings (SSSR count). The highest BCUT2D eigenvalue weighted by atomic mass is 35.5. The molecule has 0 bridgehead atoms. The Hall–Kier alpha value is -2.96. The van der Waals surface area contributed by atoms with Crippen molar-refractivity contribution in [1.29, 1.82) is 0 Å². The van der Waals surface area contributed by atoms with E-state index in [4.69, 9.17) is 25.5 Å². The Morgan fingerprint density at radius 3 is 2.56 bits per heavy atom. The van der Waals surface area contributed by atoms with E-state index in [0.717, 1.165) is 33.4 Å². The minimum absolute atomic E-state index is 0.100. The van der Waals surface area contributed by atoms with Crippen molar-refractivity contribution >= 4 is 32.4 Å². The van der Waals surface area contributed by atoms with Gasteiger partial charge in [-0.1, -0.05) is 29.8 Å². The van der Waals surface area contributed by atoms with Gasteiger partial charge in [-0.05, 0) is 60.0 Å². The molecule has 1 aromatic heterocycles. The van der Waals surface area contributed by atoms with Crippen LogP contribution in [0.15, 0.2) is 77.4 Å². The Labute approximate surface area is 192 Å². The Kier molecular flexibility index (Phi) is 6.72. The Bertz CT molecular complexity index is 1330. The van der Waals surface area contributed by atoms with Gasteiger partial charge in [-0.2, -0.15) is 0 Å². The van der Waals surface area contributed by atoms with Crippen molar-refractivity contribution in [2.75, 3.05) is 18.6 Å². The van der Waals surface area contributed by atoms with E-state index in [-0.39, 0.29) is 5.75 Å². The predicted molar refractivity (Wildman–Crippen MR) is 127 cm³/mol. The van der Waals surface area contributed by atoms with Gasteiger partial charge in [0.25, 0.3) is 0 Å². The maximum atomic E-state index is 11.2. The summed E-state index contributed by atoms with van der Waals surface area (Å²) in [4.78, 5) is 0. The number of furan rings is 1. The first-order valence-electron chi connectivity index (χ1n) is 10.2. The SMILES string of the molecule is CS(=O)(=O)CCCOc1ccc(-c2cccc(COc3ccc4ccoc4c3)c2)c(Cl)c1. The predicted octanol–water partition coefficient (Wildman–Crippen LogP) is 6.15. The number of rotatable bonds is 9. The lowest BCUT2D eigenvalue weighted by molar-refractivity contribution is 0.306. The number of hydrogen-bond donors (Lipinski definition) is 0. The van der Waals surface area contributed by atoms with Gasteiger partial charge in [0.05, 0.1) is 23.6 Å². The molecule has 0 aliphatic carbocycles. The molecule has 32 heavy (non-hydrogen) atoms. The zero-order valence-corrected chi connectivity index (χ0v) is 19.2. The molecular weight excluding hydrogens is 448 g/mol. The van der Waals surface area contributed by atoms with Gasteiger partial charge in [-0.3, -0.25) is 0 Å². The first-order chi connectivity index (χ1) is 15.4. The molecule has 0 saturated heterocycles. The number of ether oxygens (including phenoxy) is 2. The van der Waals surface area contributed by atoms with Crippen molar-refractivity contribution in [3.05, 3.63) is 83.6 Å². The summed E-state index contributed by atoms with van der Waals surface area (Å²) in [6, 6.07) is 21.2. The van der Waals surface area contributed by atoms with E-state index >= 15 is 0 Å². The molecule has 0 aliphatic rings. The van der Waals surface area contributed by atoms with Gasteiger partial charge in [-0.25, -0.2) is 8.42 Å². The Morgan fingerprint density at radius 2 is 1.75 bits per heavy atom. The highest BCUT2D eigenvalue weighted by Crippen LogP contribution is 2.32. The summed E-state index contributed by atoms with van der Waals surface area (Å²) in [5.41, 5.74) is 3.66. The summed E-state index contributed by atoms with van der Waals surface area (Å²) >= 11 is 6.50. The van der Waals surface area contributed by atoms with Crippen LogP contribution < -0.4 is 9.47 Å². The quantitative estimate of drug-likeness (QED) is 0.275. The van der Waals surface area contributed by atoms with Crippen molar-refractivity contribution < 1.29 is 22.3 Å². The smallest absolute Gasteiger partial charge is 0.147 e. The molecule has 3 aromatic carbocycles. The van der Waals surface area contributed by atoms with Crippen LogP contribution in [0.3, 0.4) is 0 Å². The molecule has 0 saturated carbocycles. The van der Waals surface area contributed by atoms with Crippen molar-refractivity contribution in [1.82, 2.24) is 0 Å². The number of hydrogen-bond acceptors (Lipinski definition) is 5. The molecule has 0 radical (unpaired) electrons. The summed E-state index contributed by atoms with van der Waals surface area (Å²) in [5.74, 6) is 1.46. The van der Waals surface area contributed by atoms with E-state index in [9.17, 15) is 8.42 Å². The molecule has 0 N–H and O–H groups in total. The van der Waals surface area contributed by atoms with Gasteiger partial charge >= 0.3 is 0 Å². The van der Waals surface area contributed by atoms with Crippen LogP contribution in [0.5, 0.6) is 11.5 Å². The third-order valence-electron chi connectivity index (χ3n) is 4.94. The first-order valence-corrected chi connectivity index (χ1v) is 12.6. The maximum absolute atomic E-state index is 11.2. The van der Waals surface area contributed by atoms with Gasteiger partial charge in [-0.15, -0.1) is 0 Å². The summed E-state index contributed by atoms with van der Waals surface area (Å²) in [6.45, 7) is 0.735. The van der Waals surface area contributed by atoms with E-state index in [2.05, 4.69) is 0 Å². The lowest BCUT2D eigenvalue weighted by atomic mass is 10.0. The van der Waals surface area contributed by atoms with Crippen LogP contribution in [-0.4, -0.2) is 27.0 Å². The number of fused-ring (bicyclic) bond motifs is 1. The molecule has 0 fully saturated rings. The Morgan fingerprint density at radius 1 is 0.938 bits per heavy atom. The van der Waals surface area contributed by atoms with Crippen molar-refractivity contribution in [2.24, 2.45) is 0 Å². The van der Waals surface area contributed by atoms with Crippen LogP contribution in [0.1, 0.15) is 12.0 Å².